The Morgan fingerprint density at radius 2 is 1.78 bits per heavy atom. The Balaban J connectivity index is 2.22. The number of rotatable bonds is 2. The molecule has 0 spiro atoms. The second kappa shape index (κ2) is 4.92. The molecule has 0 saturated carbocycles. The molecule has 92 valence electrons. The summed E-state index contributed by atoms with van der Waals surface area (Å²) in [4.78, 5) is 12.1. The van der Waals surface area contributed by atoms with Crippen molar-refractivity contribution in [3.8, 4) is 5.75 Å². The Morgan fingerprint density at radius 3 is 2.44 bits per heavy atom. The molecule has 2 aromatic carbocycles. The van der Waals surface area contributed by atoms with Crippen molar-refractivity contribution in [2.24, 2.45) is 0 Å². The third-order valence-corrected chi connectivity index (χ3v) is 2.84. The van der Waals surface area contributed by atoms with Crippen LogP contribution in [0.1, 0.15) is 21.5 Å². The molecule has 2 aromatic rings. The number of hydrogen-bond donors (Lipinski definition) is 2. The molecule has 0 atom stereocenters. The third kappa shape index (κ3) is 2.51. The number of aryl methyl sites for hydroxylation is 2. The fraction of sp³-hybridized carbons (Fsp3) is 0.133. The lowest BCUT2D eigenvalue weighted by Crippen LogP contribution is -2.13. The number of anilines is 1. The van der Waals surface area contributed by atoms with Crippen LogP contribution < -0.4 is 5.32 Å². The molecule has 0 fully saturated rings. The Labute approximate surface area is 106 Å². The lowest BCUT2D eigenvalue weighted by Gasteiger charge is -2.08. The fourth-order valence-corrected chi connectivity index (χ4v) is 1.76. The lowest BCUT2D eigenvalue weighted by atomic mass is 10.1. The van der Waals surface area contributed by atoms with Gasteiger partial charge in [0.05, 0.1) is 0 Å². The highest BCUT2D eigenvalue weighted by molar-refractivity contribution is 6.05. The van der Waals surface area contributed by atoms with E-state index in [4.69, 9.17) is 0 Å². The van der Waals surface area contributed by atoms with Crippen LogP contribution in [0.3, 0.4) is 0 Å². The van der Waals surface area contributed by atoms with Crippen LogP contribution in [0.4, 0.5) is 5.69 Å². The molecule has 0 unspecified atom stereocenters. The highest BCUT2D eigenvalue weighted by Gasteiger charge is 2.08. The molecule has 0 aliphatic heterocycles. The summed E-state index contributed by atoms with van der Waals surface area (Å²) in [6.45, 7) is 3.69. The van der Waals surface area contributed by atoms with Gasteiger partial charge in [0.15, 0.2) is 0 Å². The molecular formula is C15H15NO2. The average Bonchev–Trinajstić information content (AvgIpc) is 2.34. The number of carbonyl (C=O) groups excluding carboxylic acids is 1. The van der Waals surface area contributed by atoms with Gasteiger partial charge in [-0.05, 0) is 49.2 Å². The molecule has 0 aliphatic rings. The first-order chi connectivity index (χ1) is 8.58. The molecule has 2 N–H and O–H groups in total. The van der Waals surface area contributed by atoms with Gasteiger partial charge in [0.1, 0.15) is 5.75 Å². The Morgan fingerprint density at radius 1 is 1.06 bits per heavy atom. The van der Waals surface area contributed by atoms with Gasteiger partial charge >= 0.3 is 0 Å². The van der Waals surface area contributed by atoms with Crippen molar-refractivity contribution in [3.63, 3.8) is 0 Å². The average molecular weight is 241 g/mol. The maximum absolute atomic E-state index is 12.1. The van der Waals surface area contributed by atoms with Crippen molar-refractivity contribution in [3.05, 3.63) is 59.2 Å². The molecule has 0 aliphatic carbocycles. The van der Waals surface area contributed by atoms with E-state index in [0.717, 1.165) is 11.1 Å². The smallest absolute Gasteiger partial charge is 0.255 e. The topological polar surface area (TPSA) is 49.3 Å². The van der Waals surface area contributed by atoms with Crippen LogP contribution >= 0.6 is 0 Å². The van der Waals surface area contributed by atoms with Crippen molar-refractivity contribution >= 4 is 11.6 Å². The minimum Gasteiger partial charge on any atom is -0.508 e. The number of hydrogen-bond acceptors (Lipinski definition) is 2. The molecule has 0 heterocycles. The Kier molecular flexibility index (Phi) is 3.33. The summed E-state index contributed by atoms with van der Waals surface area (Å²) in [6, 6.07) is 12.4. The molecule has 18 heavy (non-hydrogen) atoms. The summed E-state index contributed by atoms with van der Waals surface area (Å²) in [5, 5.41) is 12.2. The van der Waals surface area contributed by atoms with Crippen molar-refractivity contribution < 1.29 is 9.90 Å². The summed E-state index contributed by atoms with van der Waals surface area (Å²) < 4.78 is 0. The van der Waals surface area contributed by atoms with Crippen molar-refractivity contribution in [1.82, 2.24) is 0 Å². The largest absolute Gasteiger partial charge is 0.508 e. The van der Waals surface area contributed by atoms with E-state index in [1.807, 2.05) is 25.1 Å². The predicted octanol–water partition coefficient (Wildman–Crippen LogP) is 3.26. The third-order valence-electron chi connectivity index (χ3n) is 2.84. The Bertz CT molecular complexity index is 591. The van der Waals surface area contributed by atoms with E-state index in [0.29, 0.717) is 11.3 Å². The number of phenols is 1. The first-order valence-electron chi connectivity index (χ1n) is 5.74. The van der Waals surface area contributed by atoms with E-state index in [2.05, 4.69) is 5.32 Å². The summed E-state index contributed by atoms with van der Waals surface area (Å²) in [5.74, 6) is 0.0853. The van der Waals surface area contributed by atoms with E-state index in [-0.39, 0.29) is 11.7 Å². The number of amides is 1. The second-order valence-electron chi connectivity index (χ2n) is 4.27. The van der Waals surface area contributed by atoms with Gasteiger partial charge in [-0.2, -0.15) is 0 Å². The standard InChI is InChI=1S/C15H15NO2/c1-10-5-3-4-6-13(10)15(18)16-12-7-8-14(17)11(2)9-12/h3-9,17H,1-2H3,(H,16,18). The summed E-state index contributed by atoms with van der Waals surface area (Å²) in [7, 11) is 0. The Hall–Kier alpha value is -2.29. The first kappa shape index (κ1) is 12.2. The van der Waals surface area contributed by atoms with E-state index >= 15 is 0 Å². The van der Waals surface area contributed by atoms with Crippen molar-refractivity contribution in [2.45, 2.75) is 13.8 Å². The highest BCUT2D eigenvalue weighted by Crippen LogP contribution is 2.21. The highest BCUT2D eigenvalue weighted by atomic mass is 16.3. The second-order valence-corrected chi connectivity index (χ2v) is 4.27. The number of phenolic OH excluding ortho intramolecular Hbond substituents is 1. The maximum Gasteiger partial charge on any atom is 0.255 e. The molecule has 1 amide bonds. The fourth-order valence-electron chi connectivity index (χ4n) is 1.76. The summed E-state index contributed by atoms with van der Waals surface area (Å²) in [6.07, 6.45) is 0. The van der Waals surface area contributed by atoms with E-state index in [1.54, 1.807) is 31.2 Å². The van der Waals surface area contributed by atoms with Crippen LogP contribution in [0.2, 0.25) is 0 Å². The van der Waals surface area contributed by atoms with Crippen molar-refractivity contribution in [1.29, 1.82) is 0 Å². The summed E-state index contributed by atoms with van der Waals surface area (Å²) >= 11 is 0. The minimum atomic E-state index is -0.141. The molecule has 3 heteroatoms. The van der Waals surface area contributed by atoms with Gasteiger partial charge in [-0.3, -0.25) is 4.79 Å². The monoisotopic (exact) mass is 241 g/mol. The van der Waals surface area contributed by atoms with Gasteiger partial charge in [-0.25, -0.2) is 0 Å². The van der Waals surface area contributed by atoms with Gasteiger partial charge in [0, 0.05) is 11.3 Å². The van der Waals surface area contributed by atoms with Crippen LogP contribution in [0.5, 0.6) is 5.75 Å². The molecule has 0 bridgehead atoms. The molecule has 3 nitrogen and oxygen atoms in total. The quantitative estimate of drug-likeness (QED) is 0.793. The van der Waals surface area contributed by atoms with Gasteiger partial charge in [-0.1, -0.05) is 18.2 Å². The van der Waals surface area contributed by atoms with E-state index < -0.39 is 0 Å². The van der Waals surface area contributed by atoms with Gasteiger partial charge in [0.25, 0.3) is 5.91 Å². The molecule has 0 radical (unpaired) electrons. The number of nitrogens with one attached hydrogen (secondary N) is 1. The number of carbonyl (C=O) groups is 1. The van der Waals surface area contributed by atoms with Crippen LogP contribution in [-0.2, 0) is 0 Å². The molecule has 0 aromatic heterocycles. The lowest BCUT2D eigenvalue weighted by molar-refractivity contribution is 0.102. The summed E-state index contributed by atoms with van der Waals surface area (Å²) in [5.41, 5.74) is 3.00. The maximum atomic E-state index is 12.1. The zero-order chi connectivity index (χ0) is 13.1. The molecular weight excluding hydrogens is 226 g/mol. The number of aromatic hydroxyl groups is 1. The molecule has 0 saturated heterocycles. The number of benzene rings is 2. The predicted molar refractivity (Wildman–Crippen MR) is 72.0 cm³/mol. The van der Waals surface area contributed by atoms with Crippen molar-refractivity contribution in [2.75, 3.05) is 5.32 Å². The zero-order valence-corrected chi connectivity index (χ0v) is 10.4. The van der Waals surface area contributed by atoms with Gasteiger partial charge in [-0.15, -0.1) is 0 Å². The van der Waals surface area contributed by atoms with Crippen LogP contribution in [0.25, 0.3) is 0 Å². The first-order valence-corrected chi connectivity index (χ1v) is 5.74. The zero-order valence-electron chi connectivity index (χ0n) is 10.4. The normalized spacial score (nSPS) is 10.1. The van der Waals surface area contributed by atoms with E-state index in [9.17, 15) is 9.90 Å². The van der Waals surface area contributed by atoms with E-state index in [1.165, 1.54) is 0 Å². The SMILES string of the molecule is Cc1cc(NC(=O)c2ccccc2C)ccc1O. The van der Waals surface area contributed by atoms with Gasteiger partial charge < -0.3 is 10.4 Å². The van der Waals surface area contributed by atoms with Crippen LogP contribution in [0.15, 0.2) is 42.5 Å². The van der Waals surface area contributed by atoms with Crippen LogP contribution in [-0.4, -0.2) is 11.0 Å². The minimum absolute atomic E-state index is 0.141. The van der Waals surface area contributed by atoms with Crippen LogP contribution in [0, 0.1) is 13.8 Å². The van der Waals surface area contributed by atoms with Gasteiger partial charge in [0.2, 0.25) is 0 Å². The molecule has 2 rings (SSSR count).